The Balaban J connectivity index is 1.49. The molecule has 0 bridgehead atoms. The highest BCUT2D eigenvalue weighted by Gasteiger charge is 2.24. The lowest BCUT2D eigenvalue weighted by molar-refractivity contribution is 0.298. The molecular formula is C19H29N3. The fourth-order valence-electron chi connectivity index (χ4n) is 3.73. The highest BCUT2D eigenvalue weighted by Crippen LogP contribution is 2.27. The van der Waals surface area contributed by atoms with Crippen molar-refractivity contribution in [3.05, 3.63) is 30.3 Å². The van der Waals surface area contributed by atoms with E-state index in [1.54, 1.807) is 0 Å². The first-order valence-corrected chi connectivity index (χ1v) is 8.96. The molecule has 1 aliphatic carbocycles. The monoisotopic (exact) mass is 299 g/mol. The summed E-state index contributed by atoms with van der Waals surface area (Å²) in [6.45, 7) is 4.33. The molecule has 0 unspecified atom stereocenters. The standard InChI is InChI=1S/C19H29N3/c1-16-15-20-19(21-18-12-6-3-7-13-18)22(16)14-8-11-17-9-4-2-5-10-17/h3,6-7,12-13,16-17H,2,4-5,8-11,14-15H2,1H3,(H,20,21)/t16-/m0/s1. The number of para-hydroxylation sites is 1. The van der Waals surface area contributed by atoms with E-state index in [4.69, 9.17) is 4.99 Å². The second kappa shape index (κ2) is 7.66. The Hall–Kier alpha value is -1.51. The first-order chi connectivity index (χ1) is 10.8. The molecule has 3 heteroatoms. The summed E-state index contributed by atoms with van der Waals surface area (Å²) in [5, 5.41) is 3.49. The van der Waals surface area contributed by atoms with Gasteiger partial charge in [-0.15, -0.1) is 0 Å². The van der Waals surface area contributed by atoms with E-state index in [1.807, 2.05) is 6.07 Å². The Morgan fingerprint density at radius 3 is 2.68 bits per heavy atom. The van der Waals surface area contributed by atoms with Crippen molar-refractivity contribution < 1.29 is 0 Å². The summed E-state index contributed by atoms with van der Waals surface area (Å²) in [5.74, 6) is 2.04. The van der Waals surface area contributed by atoms with Gasteiger partial charge in [0.25, 0.3) is 0 Å². The van der Waals surface area contributed by atoms with Crippen LogP contribution in [0.1, 0.15) is 51.9 Å². The van der Waals surface area contributed by atoms with Crippen LogP contribution >= 0.6 is 0 Å². The maximum absolute atomic E-state index is 4.69. The summed E-state index contributed by atoms with van der Waals surface area (Å²) in [7, 11) is 0. The zero-order valence-corrected chi connectivity index (χ0v) is 13.8. The van der Waals surface area contributed by atoms with Gasteiger partial charge in [0.1, 0.15) is 0 Å². The Labute approximate surface area is 134 Å². The maximum atomic E-state index is 4.69. The van der Waals surface area contributed by atoms with E-state index in [0.717, 1.165) is 30.7 Å². The number of benzene rings is 1. The van der Waals surface area contributed by atoms with Crippen LogP contribution in [0.3, 0.4) is 0 Å². The zero-order valence-electron chi connectivity index (χ0n) is 13.8. The van der Waals surface area contributed by atoms with E-state index in [1.165, 1.54) is 44.9 Å². The highest BCUT2D eigenvalue weighted by molar-refractivity contribution is 5.94. The summed E-state index contributed by atoms with van der Waals surface area (Å²) >= 11 is 0. The van der Waals surface area contributed by atoms with Crippen molar-refractivity contribution in [3.63, 3.8) is 0 Å². The largest absolute Gasteiger partial charge is 0.338 e. The van der Waals surface area contributed by atoms with Crippen molar-refractivity contribution in [2.24, 2.45) is 10.9 Å². The normalized spacial score (nSPS) is 22.7. The second-order valence-electron chi connectivity index (χ2n) is 6.84. The molecule has 22 heavy (non-hydrogen) atoms. The first kappa shape index (κ1) is 15.4. The van der Waals surface area contributed by atoms with Crippen LogP contribution in [0.25, 0.3) is 0 Å². The zero-order chi connectivity index (χ0) is 15.2. The lowest BCUT2D eigenvalue weighted by Gasteiger charge is -2.27. The Kier molecular flexibility index (Phi) is 5.36. The van der Waals surface area contributed by atoms with E-state index < -0.39 is 0 Å². The van der Waals surface area contributed by atoms with Crippen molar-refractivity contribution in [1.82, 2.24) is 4.90 Å². The third-order valence-corrected chi connectivity index (χ3v) is 5.08. The molecule has 1 aromatic rings. The number of rotatable bonds is 5. The molecule has 1 fully saturated rings. The van der Waals surface area contributed by atoms with Crippen LogP contribution in [0.4, 0.5) is 5.69 Å². The van der Waals surface area contributed by atoms with Crippen LogP contribution in [0, 0.1) is 5.92 Å². The average molecular weight is 299 g/mol. The predicted molar refractivity (Wildman–Crippen MR) is 94.3 cm³/mol. The lowest BCUT2D eigenvalue weighted by atomic mass is 9.86. The van der Waals surface area contributed by atoms with E-state index >= 15 is 0 Å². The van der Waals surface area contributed by atoms with Gasteiger partial charge in [-0.2, -0.15) is 0 Å². The Bertz CT molecular complexity index is 477. The van der Waals surface area contributed by atoms with E-state index in [2.05, 4.69) is 41.4 Å². The van der Waals surface area contributed by atoms with E-state index in [0.29, 0.717) is 6.04 Å². The van der Waals surface area contributed by atoms with Crippen LogP contribution in [-0.2, 0) is 0 Å². The molecule has 1 heterocycles. The van der Waals surface area contributed by atoms with Gasteiger partial charge in [0, 0.05) is 18.3 Å². The molecule has 1 saturated carbocycles. The van der Waals surface area contributed by atoms with Crippen LogP contribution in [0.5, 0.6) is 0 Å². The third kappa shape index (κ3) is 4.02. The van der Waals surface area contributed by atoms with Gasteiger partial charge in [-0.05, 0) is 37.8 Å². The molecule has 0 radical (unpaired) electrons. The molecule has 2 aliphatic rings. The van der Waals surface area contributed by atoms with Crippen molar-refractivity contribution in [2.75, 3.05) is 18.4 Å². The van der Waals surface area contributed by atoms with Gasteiger partial charge in [-0.25, -0.2) is 0 Å². The SMILES string of the molecule is C[C@H]1CN=C(Nc2ccccc2)N1CCCC1CCCCC1. The molecule has 0 amide bonds. The molecule has 3 rings (SSSR count). The quantitative estimate of drug-likeness (QED) is 0.865. The van der Waals surface area contributed by atoms with Gasteiger partial charge >= 0.3 is 0 Å². The molecule has 1 aliphatic heterocycles. The molecule has 1 atom stereocenters. The van der Waals surface area contributed by atoms with Gasteiger partial charge in [0.05, 0.1) is 6.54 Å². The number of aliphatic imine (C=N–C) groups is 1. The fraction of sp³-hybridized carbons (Fsp3) is 0.632. The molecule has 3 nitrogen and oxygen atoms in total. The summed E-state index contributed by atoms with van der Waals surface area (Å²) in [5.41, 5.74) is 1.13. The van der Waals surface area contributed by atoms with Crippen LogP contribution < -0.4 is 5.32 Å². The first-order valence-electron chi connectivity index (χ1n) is 8.96. The smallest absolute Gasteiger partial charge is 0.198 e. The van der Waals surface area contributed by atoms with Crippen molar-refractivity contribution in [2.45, 2.75) is 57.9 Å². The topological polar surface area (TPSA) is 27.6 Å². The van der Waals surface area contributed by atoms with Crippen molar-refractivity contribution in [3.8, 4) is 0 Å². The summed E-state index contributed by atoms with van der Waals surface area (Å²) in [4.78, 5) is 7.14. The number of guanidine groups is 1. The minimum absolute atomic E-state index is 0.526. The van der Waals surface area contributed by atoms with Gasteiger partial charge in [0.2, 0.25) is 0 Å². The molecule has 0 aromatic heterocycles. The van der Waals surface area contributed by atoms with Gasteiger partial charge in [0.15, 0.2) is 5.96 Å². The second-order valence-corrected chi connectivity index (χ2v) is 6.84. The van der Waals surface area contributed by atoms with Crippen molar-refractivity contribution >= 4 is 11.6 Å². The fourth-order valence-corrected chi connectivity index (χ4v) is 3.73. The van der Waals surface area contributed by atoms with Crippen LogP contribution in [0.2, 0.25) is 0 Å². The molecule has 0 saturated heterocycles. The number of nitrogens with zero attached hydrogens (tertiary/aromatic N) is 2. The minimum Gasteiger partial charge on any atom is -0.338 e. The lowest BCUT2D eigenvalue weighted by Crippen LogP contribution is -2.39. The number of anilines is 1. The van der Waals surface area contributed by atoms with Crippen molar-refractivity contribution in [1.29, 1.82) is 0 Å². The summed E-state index contributed by atoms with van der Waals surface area (Å²) in [6.07, 6.45) is 9.96. The minimum atomic E-state index is 0.526. The predicted octanol–water partition coefficient (Wildman–Crippen LogP) is 4.52. The number of hydrogen-bond donors (Lipinski definition) is 1. The van der Waals surface area contributed by atoms with Gasteiger partial charge in [-0.1, -0.05) is 50.3 Å². The molecule has 1 aromatic carbocycles. The third-order valence-electron chi connectivity index (χ3n) is 5.08. The van der Waals surface area contributed by atoms with Crippen LogP contribution in [-0.4, -0.2) is 30.0 Å². The molecule has 120 valence electrons. The Morgan fingerprint density at radius 1 is 1.14 bits per heavy atom. The summed E-state index contributed by atoms with van der Waals surface area (Å²) in [6, 6.07) is 10.9. The number of nitrogens with one attached hydrogen (secondary N) is 1. The molecule has 1 N–H and O–H groups in total. The highest BCUT2D eigenvalue weighted by atomic mass is 15.4. The van der Waals surface area contributed by atoms with E-state index in [9.17, 15) is 0 Å². The summed E-state index contributed by atoms with van der Waals surface area (Å²) < 4.78 is 0. The maximum Gasteiger partial charge on any atom is 0.198 e. The van der Waals surface area contributed by atoms with E-state index in [-0.39, 0.29) is 0 Å². The molecular weight excluding hydrogens is 270 g/mol. The van der Waals surface area contributed by atoms with Crippen LogP contribution in [0.15, 0.2) is 35.3 Å². The van der Waals surface area contributed by atoms with Gasteiger partial charge < -0.3 is 10.2 Å². The number of hydrogen-bond acceptors (Lipinski definition) is 3. The van der Waals surface area contributed by atoms with Gasteiger partial charge in [-0.3, -0.25) is 4.99 Å². The Morgan fingerprint density at radius 2 is 1.91 bits per heavy atom. The average Bonchev–Trinajstić information content (AvgIpc) is 2.90. The molecule has 0 spiro atoms.